The second-order valence-electron chi connectivity index (χ2n) is 13.5. The topological polar surface area (TPSA) is 72.5 Å². The van der Waals surface area contributed by atoms with Gasteiger partial charge < -0.3 is 28.1 Å². The minimum atomic E-state index is -1.88. The summed E-state index contributed by atoms with van der Waals surface area (Å²) in [6.45, 7) is 22.0. The first-order valence-electron chi connectivity index (χ1n) is 15.8. The molecule has 2 aromatic rings. The molecular weight excluding hydrogens is 584 g/mol. The van der Waals surface area contributed by atoms with Crippen LogP contribution in [0.1, 0.15) is 65.5 Å². The summed E-state index contributed by atoms with van der Waals surface area (Å²) in [6, 6.07) is 17.7. The molecule has 0 fully saturated rings. The molecule has 0 saturated heterocycles. The Balaban J connectivity index is 2.06. The number of esters is 1. The molecule has 0 aliphatic heterocycles. The van der Waals surface area contributed by atoms with Gasteiger partial charge in [-0.2, -0.15) is 0 Å². The molecule has 0 spiro atoms. The maximum Gasteiger partial charge on any atom is 0.315 e. The number of benzene rings is 2. The highest BCUT2D eigenvalue weighted by Crippen LogP contribution is 2.36. The first-order valence-corrected chi connectivity index (χ1v) is 18.7. The van der Waals surface area contributed by atoms with Crippen molar-refractivity contribution in [1.29, 1.82) is 0 Å². The summed E-state index contributed by atoms with van der Waals surface area (Å²) in [6.07, 6.45) is 5.34. The molecular formula is C37H56O7Si. The third kappa shape index (κ3) is 13.6. The molecule has 0 aliphatic carbocycles. The highest BCUT2D eigenvalue weighted by atomic mass is 28.4. The van der Waals surface area contributed by atoms with Gasteiger partial charge in [-0.1, -0.05) is 81.5 Å². The van der Waals surface area contributed by atoms with Crippen molar-refractivity contribution in [1.82, 2.24) is 0 Å². The monoisotopic (exact) mass is 640 g/mol. The molecule has 2 rings (SSSR count). The van der Waals surface area contributed by atoms with E-state index in [0.717, 1.165) is 16.9 Å². The third-order valence-corrected chi connectivity index (χ3v) is 12.8. The number of hydrogen-bond acceptors (Lipinski definition) is 7. The normalized spacial score (nSPS) is 14.6. The number of methoxy groups -OCH3 is 1. The van der Waals surface area contributed by atoms with Crippen molar-refractivity contribution in [3.63, 3.8) is 0 Å². The second-order valence-corrected chi connectivity index (χ2v) is 18.3. The Morgan fingerprint density at radius 2 is 1.58 bits per heavy atom. The van der Waals surface area contributed by atoms with Gasteiger partial charge in [0.1, 0.15) is 18.6 Å². The smallest absolute Gasteiger partial charge is 0.315 e. The molecule has 0 radical (unpaired) electrons. The Hall–Kier alpha value is -2.75. The third-order valence-electron chi connectivity index (χ3n) is 8.28. The molecule has 3 unspecified atom stereocenters. The summed E-state index contributed by atoms with van der Waals surface area (Å²) in [4.78, 5) is 13.4. The number of rotatable bonds is 20. The molecule has 2 aromatic carbocycles. The van der Waals surface area contributed by atoms with E-state index >= 15 is 0 Å². The number of carbonyl (C=O) groups is 1. The van der Waals surface area contributed by atoms with E-state index in [2.05, 4.69) is 40.4 Å². The Morgan fingerprint density at radius 3 is 2.18 bits per heavy atom. The molecule has 0 amide bonds. The van der Waals surface area contributed by atoms with Crippen LogP contribution in [0, 0.1) is 5.41 Å². The van der Waals surface area contributed by atoms with E-state index in [1.807, 2.05) is 87.5 Å². The summed E-state index contributed by atoms with van der Waals surface area (Å²) >= 11 is 0. The van der Waals surface area contributed by atoms with Gasteiger partial charge in [0.05, 0.1) is 44.6 Å². The fraction of sp³-hybridized carbons (Fsp3) is 0.541. The lowest BCUT2D eigenvalue weighted by atomic mass is 9.93. The predicted octanol–water partition coefficient (Wildman–Crippen LogP) is 8.64. The summed E-state index contributed by atoms with van der Waals surface area (Å²) in [5, 5.41) is 0.119. The highest BCUT2D eigenvalue weighted by molar-refractivity contribution is 6.74. The van der Waals surface area contributed by atoms with Crippen molar-refractivity contribution in [2.24, 2.45) is 5.41 Å². The van der Waals surface area contributed by atoms with Crippen molar-refractivity contribution < 1.29 is 32.9 Å². The van der Waals surface area contributed by atoms with E-state index in [1.165, 1.54) is 0 Å². The molecule has 8 heteroatoms. The van der Waals surface area contributed by atoms with Gasteiger partial charge in [0, 0.05) is 12.8 Å². The molecule has 7 nitrogen and oxygen atoms in total. The molecule has 0 aliphatic rings. The van der Waals surface area contributed by atoms with Crippen LogP contribution in [-0.2, 0) is 41.4 Å². The molecule has 3 atom stereocenters. The van der Waals surface area contributed by atoms with E-state index in [0.29, 0.717) is 32.7 Å². The van der Waals surface area contributed by atoms with Crippen LogP contribution in [-0.4, -0.2) is 53.1 Å². The molecule has 0 saturated carbocycles. The second kappa shape index (κ2) is 18.4. The lowest BCUT2D eigenvalue weighted by Crippen LogP contribution is -2.40. The van der Waals surface area contributed by atoms with Crippen LogP contribution in [0.2, 0.25) is 18.1 Å². The molecule has 45 heavy (non-hydrogen) atoms. The zero-order valence-corrected chi connectivity index (χ0v) is 30.0. The Labute approximate surface area is 273 Å². The summed E-state index contributed by atoms with van der Waals surface area (Å²) in [5.74, 6) is 0.468. The number of ether oxygens (including phenoxy) is 5. The maximum atomic E-state index is 13.4. The van der Waals surface area contributed by atoms with Crippen LogP contribution in [0.25, 0.3) is 0 Å². The number of hydrogen-bond donors (Lipinski definition) is 0. The molecule has 0 heterocycles. The maximum absolute atomic E-state index is 13.4. The Morgan fingerprint density at radius 1 is 0.933 bits per heavy atom. The van der Waals surface area contributed by atoms with Crippen molar-refractivity contribution >= 4 is 14.3 Å². The Kier molecular flexibility index (Phi) is 15.7. The first kappa shape index (κ1) is 38.4. The van der Waals surface area contributed by atoms with Gasteiger partial charge in [-0.3, -0.25) is 4.79 Å². The van der Waals surface area contributed by atoms with E-state index in [1.54, 1.807) is 13.2 Å². The van der Waals surface area contributed by atoms with Crippen LogP contribution < -0.4 is 4.74 Å². The van der Waals surface area contributed by atoms with Crippen LogP contribution >= 0.6 is 0 Å². The quantitative estimate of drug-likeness (QED) is 0.0472. The largest absolute Gasteiger partial charge is 0.497 e. The average molecular weight is 641 g/mol. The van der Waals surface area contributed by atoms with Gasteiger partial charge in [-0.25, -0.2) is 0 Å². The van der Waals surface area contributed by atoms with Crippen molar-refractivity contribution in [3.05, 3.63) is 90.5 Å². The van der Waals surface area contributed by atoms with E-state index in [-0.39, 0.29) is 30.0 Å². The number of carbonyl (C=O) groups excluding carboxylic acids is 1. The molecule has 250 valence electrons. The van der Waals surface area contributed by atoms with Gasteiger partial charge in [0.2, 0.25) is 0 Å². The standard InChI is InChI=1S/C37H56O7Si/c1-11-16-33(44-35(38)37(6,7)23-15-24-43-45(9,10)36(3,4)5)25-34(41-27-31-19-21-32(39-8)22-20-31)29(2)42-28-40-26-30-17-13-12-14-18-30/h11-15,17-23,29,33-34H,1,16,24-28H2,2-10H3. The minimum Gasteiger partial charge on any atom is -0.497 e. The van der Waals surface area contributed by atoms with E-state index in [4.69, 9.17) is 28.1 Å². The summed E-state index contributed by atoms with van der Waals surface area (Å²) in [5.41, 5.74) is 1.24. The van der Waals surface area contributed by atoms with Gasteiger partial charge >= 0.3 is 5.97 Å². The van der Waals surface area contributed by atoms with Crippen LogP contribution in [0.3, 0.4) is 0 Å². The molecule has 0 aromatic heterocycles. The first-order chi connectivity index (χ1) is 21.2. The van der Waals surface area contributed by atoms with Gasteiger partial charge in [-0.05, 0) is 62.2 Å². The molecule has 0 N–H and O–H groups in total. The van der Waals surface area contributed by atoms with Crippen LogP contribution in [0.5, 0.6) is 5.75 Å². The van der Waals surface area contributed by atoms with Crippen LogP contribution in [0.4, 0.5) is 0 Å². The zero-order chi connectivity index (χ0) is 33.5. The predicted molar refractivity (Wildman–Crippen MR) is 184 cm³/mol. The fourth-order valence-corrected chi connectivity index (χ4v) is 5.09. The fourth-order valence-electron chi connectivity index (χ4n) is 4.14. The zero-order valence-electron chi connectivity index (χ0n) is 29.0. The van der Waals surface area contributed by atoms with E-state index < -0.39 is 19.8 Å². The highest BCUT2D eigenvalue weighted by Gasteiger charge is 2.37. The lowest BCUT2D eigenvalue weighted by Gasteiger charge is -2.35. The Bertz CT molecular complexity index is 1170. The lowest BCUT2D eigenvalue weighted by molar-refractivity contribution is -0.166. The summed E-state index contributed by atoms with van der Waals surface area (Å²) in [7, 11) is -0.241. The SMILES string of the molecule is C=CCC(CC(OCc1ccc(OC)cc1)C(C)OCOCc1ccccc1)OC(=O)C(C)(C)C=CCO[Si](C)(C)C(C)(C)C. The summed E-state index contributed by atoms with van der Waals surface area (Å²) < 4.78 is 35.8. The molecule has 0 bridgehead atoms. The van der Waals surface area contributed by atoms with E-state index in [9.17, 15) is 4.79 Å². The van der Waals surface area contributed by atoms with Crippen molar-refractivity contribution in [2.75, 3.05) is 20.5 Å². The van der Waals surface area contributed by atoms with Gasteiger partial charge in [0.25, 0.3) is 0 Å². The van der Waals surface area contributed by atoms with Crippen LogP contribution in [0.15, 0.2) is 79.4 Å². The van der Waals surface area contributed by atoms with Gasteiger partial charge in [-0.15, -0.1) is 6.58 Å². The minimum absolute atomic E-state index is 0.110. The van der Waals surface area contributed by atoms with Crippen molar-refractivity contribution in [3.8, 4) is 5.75 Å². The van der Waals surface area contributed by atoms with Crippen molar-refractivity contribution in [2.45, 2.75) is 104 Å². The average Bonchev–Trinajstić information content (AvgIpc) is 2.99. The van der Waals surface area contributed by atoms with Gasteiger partial charge in [0.15, 0.2) is 8.32 Å².